The molecule has 2 atom stereocenters. The third-order valence-electron chi connectivity index (χ3n) is 3.59. The van der Waals surface area contributed by atoms with Crippen molar-refractivity contribution < 1.29 is 4.79 Å². The molecule has 3 N–H and O–H groups in total. The molecule has 5 nitrogen and oxygen atoms in total. The van der Waals surface area contributed by atoms with E-state index >= 15 is 0 Å². The highest BCUT2D eigenvalue weighted by molar-refractivity contribution is 6.29. The minimum Gasteiger partial charge on any atom is -0.336 e. The summed E-state index contributed by atoms with van der Waals surface area (Å²) in [7, 11) is 0. The molecular weight excluding hydrogens is 264 g/mol. The standard InChI is InChI=1S/C13H19ClN4O/c1-8-3-4-18(9(2)5-8)13(19)10-6-11(14)16-12(7-10)17-15/h6-9H,3-5,15H2,1-2H3,(H,16,17). The molecule has 1 fully saturated rings. The van der Waals surface area contributed by atoms with Gasteiger partial charge in [0, 0.05) is 18.2 Å². The molecule has 0 aromatic carbocycles. The SMILES string of the molecule is CC1CCN(C(=O)c2cc(Cl)nc(NN)c2)C(C)C1. The Balaban J connectivity index is 2.21. The van der Waals surface area contributed by atoms with E-state index in [4.69, 9.17) is 17.4 Å². The molecule has 104 valence electrons. The average molecular weight is 283 g/mol. The maximum atomic E-state index is 12.5. The molecule has 1 aromatic heterocycles. The van der Waals surface area contributed by atoms with Gasteiger partial charge in [-0.2, -0.15) is 0 Å². The van der Waals surface area contributed by atoms with Gasteiger partial charge in [0.2, 0.25) is 0 Å². The normalized spacial score (nSPS) is 23.3. The Kier molecular flexibility index (Phi) is 4.27. The van der Waals surface area contributed by atoms with Gasteiger partial charge in [-0.25, -0.2) is 10.8 Å². The first kappa shape index (κ1) is 14.1. The molecule has 1 amide bonds. The van der Waals surface area contributed by atoms with Crippen LogP contribution in [0.15, 0.2) is 12.1 Å². The maximum Gasteiger partial charge on any atom is 0.254 e. The number of nitrogens with one attached hydrogen (secondary N) is 1. The number of piperidine rings is 1. The summed E-state index contributed by atoms with van der Waals surface area (Å²) in [4.78, 5) is 18.4. The molecule has 1 aromatic rings. The third-order valence-corrected chi connectivity index (χ3v) is 3.78. The Hall–Kier alpha value is -1.33. The smallest absolute Gasteiger partial charge is 0.254 e. The van der Waals surface area contributed by atoms with Crippen molar-refractivity contribution in [2.24, 2.45) is 11.8 Å². The van der Waals surface area contributed by atoms with Gasteiger partial charge < -0.3 is 10.3 Å². The number of halogens is 1. The average Bonchev–Trinajstić information content (AvgIpc) is 2.37. The molecule has 1 aliphatic rings. The van der Waals surface area contributed by atoms with Gasteiger partial charge >= 0.3 is 0 Å². The molecule has 2 unspecified atom stereocenters. The summed E-state index contributed by atoms with van der Waals surface area (Å²) in [6, 6.07) is 3.45. The predicted molar refractivity (Wildman–Crippen MR) is 76.0 cm³/mol. The quantitative estimate of drug-likeness (QED) is 0.496. The highest BCUT2D eigenvalue weighted by Crippen LogP contribution is 2.25. The number of nitrogens with zero attached hydrogens (tertiary/aromatic N) is 2. The Bertz CT molecular complexity index is 480. The number of likely N-dealkylation sites (tertiary alicyclic amines) is 1. The van der Waals surface area contributed by atoms with Crippen LogP contribution in [0.2, 0.25) is 5.15 Å². The van der Waals surface area contributed by atoms with E-state index in [-0.39, 0.29) is 17.1 Å². The number of hydrazine groups is 1. The molecule has 0 aliphatic carbocycles. The lowest BCUT2D eigenvalue weighted by molar-refractivity contribution is 0.0588. The highest BCUT2D eigenvalue weighted by Gasteiger charge is 2.27. The van der Waals surface area contributed by atoms with Crippen LogP contribution in [0.5, 0.6) is 0 Å². The molecule has 2 heterocycles. The first-order valence-electron chi connectivity index (χ1n) is 6.46. The highest BCUT2D eigenvalue weighted by atomic mass is 35.5. The fourth-order valence-electron chi connectivity index (χ4n) is 2.57. The molecule has 1 aliphatic heterocycles. The van der Waals surface area contributed by atoms with Gasteiger partial charge in [0.25, 0.3) is 5.91 Å². The van der Waals surface area contributed by atoms with Crippen molar-refractivity contribution in [3.63, 3.8) is 0 Å². The second kappa shape index (κ2) is 5.75. The Labute approximate surface area is 118 Å². The van der Waals surface area contributed by atoms with Gasteiger partial charge in [0.15, 0.2) is 0 Å². The number of nitrogens with two attached hydrogens (primary N) is 1. The Morgan fingerprint density at radius 2 is 2.26 bits per heavy atom. The van der Waals surface area contributed by atoms with E-state index < -0.39 is 0 Å². The first-order chi connectivity index (χ1) is 9.01. The maximum absolute atomic E-state index is 12.5. The van der Waals surface area contributed by atoms with Gasteiger partial charge in [-0.15, -0.1) is 0 Å². The van der Waals surface area contributed by atoms with Crippen LogP contribution in [0.25, 0.3) is 0 Å². The van der Waals surface area contributed by atoms with Crippen LogP contribution in [0.4, 0.5) is 5.82 Å². The number of pyridine rings is 1. The summed E-state index contributed by atoms with van der Waals surface area (Å²) in [5.41, 5.74) is 2.94. The van der Waals surface area contributed by atoms with E-state index in [1.54, 1.807) is 12.1 Å². The van der Waals surface area contributed by atoms with Crippen molar-refractivity contribution in [2.75, 3.05) is 12.0 Å². The number of anilines is 1. The topological polar surface area (TPSA) is 71.2 Å². The summed E-state index contributed by atoms with van der Waals surface area (Å²) >= 11 is 5.89. The fourth-order valence-corrected chi connectivity index (χ4v) is 2.78. The van der Waals surface area contributed by atoms with E-state index in [0.717, 1.165) is 19.4 Å². The second-order valence-corrected chi connectivity index (χ2v) is 5.57. The monoisotopic (exact) mass is 282 g/mol. The zero-order chi connectivity index (χ0) is 14.0. The van der Waals surface area contributed by atoms with Crippen LogP contribution in [0.3, 0.4) is 0 Å². The summed E-state index contributed by atoms with van der Waals surface area (Å²) in [5.74, 6) is 6.37. The third kappa shape index (κ3) is 3.16. The number of hydrogen-bond donors (Lipinski definition) is 2. The zero-order valence-corrected chi connectivity index (χ0v) is 11.9. The van der Waals surface area contributed by atoms with Crippen LogP contribution >= 0.6 is 11.6 Å². The predicted octanol–water partition coefficient (Wildman–Crippen LogP) is 2.28. The lowest BCUT2D eigenvalue weighted by Crippen LogP contribution is -2.44. The van der Waals surface area contributed by atoms with E-state index in [1.165, 1.54) is 0 Å². The van der Waals surface area contributed by atoms with Gasteiger partial charge in [-0.1, -0.05) is 18.5 Å². The molecule has 0 saturated carbocycles. The lowest BCUT2D eigenvalue weighted by Gasteiger charge is -2.36. The number of carbonyl (C=O) groups is 1. The van der Waals surface area contributed by atoms with Gasteiger partial charge in [0.05, 0.1) is 0 Å². The number of hydrogen-bond acceptors (Lipinski definition) is 4. The largest absolute Gasteiger partial charge is 0.336 e. The summed E-state index contributed by atoms with van der Waals surface area (Å²) < 4.78 is 0. The van der Waals surface area contributed by atoms with E-state index in [1.807, 2.05) is 4.90 Å². The minimum absolute atomic E-state index is 0.0137. The fraction of sp³-hybridized carbons (Fsp3) is 0.538. The van der Waals surface area contributed by atoms with Gasteiger partial charge in [-0.05, 0) is 37.8 Å². The molecule has 6 heteroatoms. The molecular formula is C13H19ClN4O. The van der Waals surface area contributed by atoms with Crippen molar-refractivity contribution >= 4 is 23.3 Å². The van der Waals surface area contributed by atoms with E-state index in [0.29, 0.717) is 17.3 Å². The van der Waals surface area contributed by atoms with Gasteiger partial charge in [-0.3, -0.25) is 4.79 Å². The van der Waals surface area contributed by atoms with Crippen LogP contribution in [0, 0.1) is 5.92 Å². The molecule has 0 radical (unpaired) electrons. The number of amides is 1. The van der Waals surface area contributed by atoms with Crippen LogP contribution in [0.1, 0.15) is 37.0 Å². The Morgan fingerprint density at radius 1 is 1.53 bits per heavy atom. The van der Waals surface area contributed by atoms with Crippen molar-refractivity contribution in [2.45, 2.75) is 32.7 Å². The number of rotatable bonds is 2. The number of carbonyl (C=O) groups excluding carboxylic acids is 1. The molecule has 1 saturated heterocycles. The van der Waals surface area contributed by atoms with Crippen LogP contribution in [-0.2, 0) is 0 Å². The van der Waals surface area contributed by atoms with Gasteiger partial charge in [0.1, 0.15) is 11.0 Å². The van der Waals surface area contributed by atoms with Crippen molar-refractivity contribution in [3.05, 3.63) is 22.8 Å². The number of nitrogen functional groups attached to an aromatic ring is 1. The molecule has 19 heavy (non-hydrogen) atoms. The summed E-state index contributed by atoms with van der Waals surface area (Å²) in [5, 5.41) is 0.261. The summed E-state index contributed by atoms with van der Waals surface area (Å²) in [6.07, 6.45) is 2.07. The minimum atomic E-state index is -0.0137. The summed E-state index contributed by atoms with van der Waals surface area (Å²) in [6.45, 7) is 5.09. The van der Waals surface area contributed by atoms with Crippen molar-refractivity contribution in [1.82, 2.24) is 9.88 Å². The van der Waals surface area contributed by atoms with Crippen molar-refractivity contribution in [1.29, 1.82) is 0 Å². The molecule has 0 spiro atoms. The molecule has 2 rings (SSSR count). The van der Waals surface area contributed by atoms with Crippen LogP contribution in [-0.4, -0.2) is 28.4 Å². The van der Waals surface area contributed by atoms with E-state index in [9.17, 15) is 4.79 Å². The molecule has 0 bridgehead atoms. The zero-order valence-electron chi connectivity index (χ0n) is 11.2. The van der Waals surface area contributed by atoms with Crippen LogP contribution < -0.4 is 11.3 Å². The van der Waals surface area contributed by atoms with Crippen molar-refractivity contribution in [3.8, 4) is 0 Å². The first-order valence-corrected chi connectivity index (χ1v) is 6.84. The Morgan fingerprint density at radius 3 is 2.89 bits per heavy atom. The van der Waals surface area contributed by atoms with E-state index in [2.05, 4.69) is 24.3 Å². The second-order valence-electron chi connectivity index (χ2n) is 5.19. The lowest BCUT2D eigenvalue weighted by atomic mass is 9.93. The number of aromatic nitrogens is 1.